The average molecular weight is 417 g/mol. The van der Waals surface area contributed by atoms with Gasteiger partial charge in [-0.3, -0.25) is 9.69 Å². The maximum absolute atomic E-state index is 12.8. The number of aromatic nitrogens is 3. The number of aromatic amines is 1. The first-order valence-electron chi connectivity index (χ1n) is 10.2. The Labute approximate surface area is 179 Å². The largest absolute Gasteiger partial charge is 0.318 e. The van der Waals surface area contributed by atoms with E-state index in [0.29, 0.717) is 12.4 Å². The van der Waals surface area contributed by atoms with E-state index in [9.17, 15) is 4.79 Å². The summed E-state index contributed by atoms with van der Waals surface area (Å²) < 4.78 is 2.30. The van der Waals surface area contributed by atoms with Crippen molar-refractivity contribution < 1.29 is 0 Å². The van der Waals surface area contributed by atoms with Gasteiger partial charge in [0, 0.05) is 43.1 Å². The highest BCUT2D eigenvalue weighted by Crippen LogP contribution is 2.25. The van der Waals surface area contributed by atoms with Gasteiger partial charge < -0.3 is 9.55 Å². The van der Waals surface area contributed by atoms with E-state index in [2.05, 4.69) is 58.6 Å². The van der Waals surface area contributed by atoms with Crippen molar-refractivity contribution in [2.45, 2.75) is 33.4 Å². The molecule has 1 aliphatic heterocycles. The molecule has 0 bridgehead atoms. The number of aryl methyl sites for hydroxylation is 1. The van der Waals surface area contributed by atoms with Crippen molar-refractivity contribution in [1.29, 1.82) is 0 Å². The molecule has 4 aromatic rings. The molecule has 0 atom stereocenters. The predicted octanol–water partition coefficient (Wildman–Crippen LogP) is 4.46. The van der Waals surface area contributed by atoms with Crippen LogP contribution in [0.25, 0.3) is 16.4 Å². The van der Waals surface area contributed by atoms with E-state index in [-0.39, 0.29) is 5.56 Å². The minimum absolute atomic E-state index is 0.0112. The highest BCUT2D eigenvalue weighted by atomic mass is 32.1. The molecule has 0 saturated carbocycles. The predicted molar refractivity (Wildman–Crippen MR) is 121 cm³/mol. The Kier molecular flexibility index (Phi) is 4.89. The van der Waals surface area contributed by atoms with E-state index in [0.717, 1.165) is 35.6 Å². The van der Waals surface area contributed by atoms with Crippen LogP contribution in [0, 0.1) is 13.8 Å². The Bertz CT molecular complexity index is 1240. The molecule has 0 unspecified atom stereocenters. The topological polar surface area (TPSA) is 53.9 Å². The van der Waals surface area contributed by atoms with E-state index in [4.69, 9.17) is 4.98 Å². The first-order valence-corrected chi connectivity index (χ1v) is 11.1. The molecule has 0 amide bonds. The Morgan fingerprint density at radius 1 is 1.13 bits per heavy atom. The zero-order chi connectivity index (χ0) is 20.7. The van der Waals surface area contributed by atoms with Gasteiger partial charge in [-0.25, -0.2) is 4.98 Å². The molecular formula is C24H24N4OS. The summed E-state index contributed by atoms with van der Waals surface area (Å²) in [6.45, 7) is 6.70. The van der Waals surface area contributed by atoms with Crippen LogP contribution >= 0.6 is 11.3 Å². The highest BCUT2D eigenvalue weighted by Gasteiger charge is 2.23. The molecule has 0 spiro atoms. The lowest BCUT2D eigenvalue weighted by atomic mass is 10.1. The van der Waals surface area contributed by atoms with Gasteiger partial charge >= 0.3 is 0 Å². The maximum atomic E-state index is 12.8. The van der Waals surface area contributed by atoms with E-state index in [1.807, 2.05) is 23.6 Å². The van der Waals surface area contributed by atoms with Crippen molar-refractivity contribution >= 4 is 11.3 Å². The molecule has 3 aromatic heterocycles. The quantitative estimate of drug-likeness (QED) is 0.534. The summed E-state index contributed by atoms with van der Waals surface area (Å²) in [5.74, 6) is 0.689. The van der Waals surface area contributed by atoms with Crippen molar-refractivity contribution in [2.75, 3.05) is 6.54 Å². The molecule has 5 rings (SSSR count). The summed E-state index contributed by atoms with van der Waals surface area (Å²) in [6.07, 6.45) is 0.801. The van der Waals surface area contributed by atoms with Crippen LogP contribution in [0.1, 0.15) is 28.2 Å². The normalized spacial score (nSPS) is 14.1. The molecule has 0 radical (unpaired) electrons. The monoisotopic (exact) mass is 416 g/mol. The Morgan fingerprint density at radius 3 is 2.73 bits per heavy atom. The molecule has 5 nitrogen and oxygen atoms in total. The molecule has 1 N–H and O–H groups in total. The van der Waals surface area contributed by atoms with Gasteiger partial charge in [0.05, 0.1) is 16.1 Å². The molecule has 6 heteroatoms. The van der Waals surface area contributed by atoms with E-state index >= 15 is 0 Å². The number of fused-ring (bicyclic) bond motifs is 1. The number of rotatable bonds is 4. The summed E-state index contributed by atoms with van der Waals surface area (Å²) in [5.41, 5.74) is 6.70. The van der Waals surface area contributed by atoms with Crippen molar-refractivity contribution in [2.24, 2.45) is 0 Å². The number of H-pyrrole nitrogens is 1. The zero-order valence-corrected chi connectivity index (χ0v) is 18.0. The van der Waals surface area contributed by atoms with Crippen molar-refractivity contribution in [1.82, 2.24) is 19.4 Å². The molecule has 152 valence electrons. The number of nitrogens with one attached hydrogen (secondary N) is 1. The van der Waals surface area contributed by atoms with Crippen LogP contribution in [0.2, 0.25) is 0 Å². The third-order valence-electron chi connectivity index (χ3n) is 5.85. The smallest absolute Gasteiger partial charge is 0.255 e. The Hall–Kier alpha value is -2.96. The van der Waals surface area contributed by atoms with Gasteiger partial charge in [-0.05, 0) is 49.1 Å². The van der Waals surface area contributed by atoms with Crippen LogP contribution in [0.5, 0.6) is 0 Å². The summed E-state index contributed by atoms with van der Waals surface area (Å²) in [6, 6.07) is 16.7. The lowest BCUT2D eigenvalue weighted by molar-refractivity contribution is 0.241. The van der Waals surface area contributed by atoms with Gasteiger partial charge in [0.15, 0.2) is 5.82 Å². The minimum atomic E-state index is -0.0112. The second-order valence-corrected chi connectivity index (χ2v) is 8.79. The van der Waals surface area contributed by atoms with E-state index in [1.54, 1.807) is 11.3 Å². The molecule has 30 heavy (non-hydrogen) atoms. The van der Waals surface area contributed by atoms with E-state index < -0.39 is 0 Å². The van der Waals surface area contributed by atoms with Crippen LogP contribution in [0.15, 0.2) is 58.7 Å². The summed E-state index contributed by atoms with van der Waals surface area (Å²) in [7, 11) is 0. The second-order valence-electron chi connectivity index (χ2n) is 7.85. The molecule has 0 fully saturated rings. The third-order valence-corrected chi connectivity index (χ3v) is 6.72. The minimum Gasteiger partial charge on any atom is -0.318 e. The fourth-order valence-electron chi connectivity index (χ4n) is 4.35. The number of benzene rings is 1. The van der Waals surface area contributed by atoms with Crippen LogP contribution in [0.3, 0.4) is 0 Å². The second kappa shape index (κ2) is 7.70. The van der Waals surface area contributed by atoms with Crippen molar-refractivity contribution in [3.8, 4) is 16.4 Å². The SMILES string of the molecule is Cc1cc(CN2CCc3nc(-c4cccs4)[nH]c(=O)c3C2)c(C)n1-c1ccccc1. The lowest BCUT2D eigenvalue weighted by Gasteiger charge is -2.27. The highest BCUT2D eigenvalue weighted by molar-refractivity contribution is 7.13. The summed E-state index contributed by atoms with van der Waals surface area (Å²) in [5, 5.41) is 2.00. The number of thiophene rings is 1. The van der Waals surface area contributed by atoms with Gasteiger partial charge in [0.2, 0.25) is 0 Å². The van der Waals surface area contributed by atoms with Crippen LogP contribution in [-0.2, 0) is 19.5 Å². The fraction of sp³-hybridized carbons (Fsp3) is 0.250. The molecule has 0 saturated heterocycles. The van der Waals surface area contributed by atoms with Crippen LogP contribution in [0.4, 0.5) is 0 Å². The first kappa shape index (κ1) is 19.0. The standard InChI is InChI=1S/C24H24N4OS/c1-16-13-18(17(2)28(16)19-7-4-3-5-8-19)14-27-11-10-21-20(15-27)24(29)26-23(25-21)22-9-6-12-30-22/h3-9,12-13H,10-11,14-15H2,1-2H3,(H,25,26,29). The Balaban J connectivity index is 1.40. The number of hydrogen-bond acceptors (Lipinski definition) is 4. The fourth-order valence-corrected chi connectivity index (χ4v) is 5.02. The Morgan fingerprint density at radius 2 is 1.97 bits per heavy atom. The number of hydrogen-bond donors (Lipinski definition) is 1. The molecule has 1 aliphatic rings. The molecule has 4 heterocycles. The zero-order valence-electron chi connectivity index (χ0n) is 17.2. The number of nitrogens with zero attached hydrogens (tertiary/aromatic N) is 3. The maximum Gasteiger partial charge on any atom is 0.255 e. The van der Waals surface area contributed by atoms with Crippen molar-refractivity contribution in [3.63, 3.8) is 0 Å². The van der Waals surface area contributed by atoms with Gasteiger partial charge in [0.1, 0.15) is 0 Å². The van der Waals surface area contributed by atoms with Gasteiger partial charge in [0.25, 0.3) is 5.56 Å². The van der Waals surface area contributed by atoms with Crippen molar-refractivity contribution in [3.05, 3.63) is 92.5 Å². The molecule has 0 aliphatic carbocycles. The van der Waals surface area contributed by atoms with Gasteiger partial charge in [-0.1, -0.05) is 24.3 Å². The van der Waals surface area contributed by atoms with Gasteiger partial charge in [-0.2, -0.15) is 0 Å². The first-order chi connectivity index (χ1) is 14.6. The summed E-state index contributed by atoms with van der Waals surface area (Å²) in [4.78, 5) is 23.9. The molecular weight excluding hydrogens is 392 g/mol. The van der Waals surface area contributed by atoms with E-state index in [1.165, 1.54) is 22.6 Å². The molecule has 1 aromatic carbocycles. The summed E-state index contributed by atoms with van der Waals surface area (Å²) >= 11 is 1.60. The van der Waals surface area contributed by atoms with Crippen LogP contribution in [-0.4, -0.2) is 26.0 Å². The number of para-hydroxylation sites is 1. The van der Waals surface area contributed by atoms with Crippen LogP contribution < -0.4 is 5.56 Å². The average Bonchev–Trinajstić information content (AvgIpc) is 3.38. The third kappa shape index (κ3) is 3.42. The van der Waals surface area contributed by atoms with Gasteiger partial charge in [-0.15, -0.1) is 11.3 Å². The lowest BCUT2D eigenvalue weighted by Crippen LogP contribution is -2.35.